The third-order valence-corrected chi connectivity index (χ3v) is 5.91. The van der Waals surface area contributed by atoms with Crippen LogP contribution >= 0.6 is 0 Å². The molecule has 0 heterocycles. The van der Waals surface area contributed by atoms with Gasteiger partial charge in [-0.25, -0.2) is 0 Å². The molecule has 33 heavy (non-hydrogen) atoms. The van der Waals surface area contributed by atoms with E-state index in [2.05, 4.69) is 80.6 Å². The van der Waals surface area contributed by atoms with E-state index in [1.165, 1.54) is 22.3 Å². The molecule has 0 spiro atoms. The van der Waals surface area contributed by atoms with Crippen LogP contribution in [0.3, 0.4) is 0 Å². The fourth-order valence-corrected chi connectivity index (χ4v) is 4.03. The second-order valence-electron chi connectivity index (χ2n) is 8.36. The average Bonchev–Trinajstić information content (AvgIpc) is 2.83. The number of carbonyl (C=O) groups is 1. The van der Waals surface area contributed by atoms with Crippen LogP contribution in [0.5, 0.6) is 5.75 Å². The zero-order valence-electron chi connectivity index (χ0n) is 19.3. The summed E-state index contributed by atoms with van der Waals surface area (Å²) >= 11 is 0. The van der Waals surface area contributed by atoms with Crippen LogP contribution < -0.4 is 4.74 Å². The molecule has 0 fully saturated rings. The number of benzene rings is 4. The molecule has 0 aliphatic heterocycles. The lowest BCUT2D eigenvalue weighted by atomic mass is 9.95. The van der Waals surface area contributed by atoms with Crippen LogP contribution in [-0.2, 0) is 6.61 Å². The second-order valence-corrected chi connectivity index (χ2v) is 8.36. The Balaban J connectivity index is 1.62. The van der Waals surface area contributed by atoms with Gasteiger partial charge in [-0.2, -0.15) is 0 Å². The molecule has 0 saturated carbocycles. The van der Waals surface area contributed by atoms with Crippen LogP contribution in [0.2, 0.25) is 0 Å². The summed E-state index contributed by atoms with van der Waals surface area (Å²) in [5.41, 5.74) is 9.74. The standard InChI is InChI=1S/C31H28O2/c1-22-9-7-10-25(17-22)21-33-31-19-28(23(2)18-29(31)20-32)16-15-26-13-8-14-30(24(26)3)27-11-5-4-6-12-27/h4-20H,21H2,1-3H3/b16-15+. The van der Waals surface area contributed by atoms with Crippen molar-refractivity contribution in [1.29, 1.82) is 0 Å². The maximum absolute atomic E-state index is 11.7. The third-order valence-electron chi connectivity index (χ3n) is 5.91. The Morgan fingerprint density at radius 1 is 0.727 bits per heavy atom. The maximum atomic E-state index is 11.7. The Bertz CT molecular complexity index is 1300. The van der Waals surface area contributed by atoms with Crippen molar-refractivity contribution in [2.45, 2.75) is 27.4 Å². The Morgan fingerprint density at radius 2 is 1.48 bits per heavy atom. The molecular weight excluding hydrogens is 404 g/mol. The minimum Gasteiger partial charge on any atom is -0.488 e. The minimum atomic E-state index is 0.424. The predicted molar refractivity (Wildman–Crippen MR) is 138 cm³/mol. The molecule has 0 aliphatic rings. The first-order valence-corrected chi connectivity index (χ1v) is 11.2. The molecule has 4 aromatic rings. The van der Waals surface area contributed by atoms with E-state index in [1.807, 2.05) is 37.3 Å². The van der Waals surface area contributed by atoms with Gasteiger partial charge in [0.2, 0.25) is 0 Å². The summed E-state index contributed by atoms with van der Waals surface area (Å²) in [6, 6.07) is 28.9. The Labute approximate surface area is 196 Å². The highest BCUT2D eigenvalue weighted by molar-refractivity contribution is 5.83. The molecule has 2 nitrogen and oxygen atoms in total. The van der Waals surface area contributed by atoms with E-state index in [-0.39, 0.29) is 0 Å². The highest BCUT2D eigenvalue weighted by atomic mass is 16.5. The van der Waals surface area contributed by atoms with E-state index in [9.17, 15) is 4.79 Å². The first-order valence-electron chi connectivity index (χ1n) is 11.2. The summed E-state index contributed by atoms with van der Waals surface area (Å²) in [6.07, 6.45) is 5.09. The van der Waals surface area contributed by atoms with Gasteiger partial charge in [-0.3, -0.25) is 4.79 Å². The van der Waals surface area contributed by atoms with Gasteiger partial charge >= 0.3 is 0 Å². The van der Waals surface area contributed by atoms with E-state index < -0.39 is 0 Å². The van der Waals surface area contributed by atoms with Gasteiger partial charge in [-0.1, -0.05) is 90.5 Å². The number of aldehydes is 1. The Hall–Kier alpha value is -3.91. The molecule has 0 saturated heterocycles. The van der Waals surface area contributed by atoms with Crippen molar-refractivity contribution in [3.05, 3.63) is 124 Å². The molecule has 0 aromatic heterocycles. The number of hydrogen-bond donors (Lipinski definition) is 0. The lowest BCUT2D eigenvalue weighted by Crippen LogP contribution is -2.00. The Morgan fingerprint density at radius 3 is 2.24 bits per heavy atom. The monoisotopic (exact) mass is 432 g/mol. The first kappa shape index (κ1) is 22.3. The number of aryl methyl sites for hydroxylation is 2. The van der Waals surface area contributed by atoms with E-state index in [1.54, 1.807) is 0 Å². The SMILES string of the molecule is Cc1cccc(COc2cc(/C=C/c3cccc(-c4ccccc4)c3C)c(C)cc2C=O)c1. The molecule has 0 atom stereocenters. The van der Waals surface area contributed by atoms with Crippen molar-refractivity contribution in [2.24, 2.45) is 0 Å². The predicted octanol–water partition coefficient (Wildman–Crippen LogP) is 7.84. The zero-order valence-corrected chi connectivity index (χ0v) is 19.3. The third kappa shape index (κ3) is 5.30. The van der Waals surface area contributed by atoms with Crippen LogP contribution in [0.4, 0.5) is 0 Å². The molecular formula is C31H28O2. The summed E-state index contributed by atoms with van der Waals surface area (Å²) in [5.74, 6) is 0.603. The highest BCUT2D eigenvalue weighted by Gasteiger charge is 2.09. The molecule has 0 amide bonds. The van der Waals surface area contributed by atoms with E-state index in [4.69, 9.17) is 4.74 Å². The van der Waals surface area contributed by atoms with Crippen molar-refractivity contribution >= 4 is 18.4 Å². The topological polar surface area (TPSA) is 26.3 Å². The molecule has 0 aliphatic carbocycles. The van der Waals surface area contributed by atoms with Crippen molar-refractivity contribution in [2.75, 3.05) is 0 Å². The summed E-state index contributed by atoms with van der Waals surface area (Å²) in [5, 5.41) is 0. The normalized spacial score (nSPS) is 11.0. The summed E-state index contributed by atoms with van der Waals surface area (Å²) in [4.78, 5) is 11.7. The summed E-state index contributed by atoms with van der Waals surface area (Å²) < 4.78 is 6.05. The van der Waals surface area contributed by atoms with Crippen LogP contribution in [0.15, 0.2) is 84.9 Å². The summed E-state index contributed by atoms with van der Waals surface area (Å²) in [6.45, 7) is 6.65. The van der Waals surface area contributed by atoms with Crippen LogP contribution in [-0.4, -0.2) is 6.29 Å². The second kappa shape index (κ2) is 10.1. The fraction of sp³-hybridized carbons (Fsp3) is 0.129. The van der Waals surface area contributed by atoms with Gasteiger partial charge < -0.3 is 4.74 Å². The minimum absolute atomic E-state index is 0.424. The van der Waals surface area contributed by atoms with E-state index in [0.29, 0.717) is 17.9 Å². The van der Waals surface area contributed by atoms with E-state index in [0.717, 1.165) is 28.5 Å². The van der Waals surface area contributed by atoms with Crippen LogP contribution in [0.25, 0.3) is 23.3 Å². The molecule has 2 heteroatoms. The molecule has 0 N–H and O–H groups in total. The molecule has 0 radical (unpaired) electrons. The lowest BCUT2D eigenvalue weighted by Gasteiger charge is -2.12. The molecule has 0 bridgehead atoms. The van der Waals surface area contributed by atoms with Gasteiger partial charge in [0.1, 0.15) is 12.4 Å². The van der Waals surface area contributed by atoms with Gasteiger partial charge in [-0.15, -0.1) is 0 Å². The van der Waals surface area contributed by atoms with E-state index >= 15 is 0 Å². The summed E-state index contributed by atoms with van der Waals surface area (Å²) in [7, 11) is 0. The molecule has 0 unspecified atom stereocenters. The van der Waals surface area contributed by atoms with Gasteiger partial charge in [0.05, 0.1) is 5.56 Å². The number of rotatable bonds is 7. The Kier molecular flexibility index (Phi) is 6.85. The van der Waals surface area contributed by atoms with Crippen LogP contribution in [0.1, 0.15) is 43.7 Å². The molecule has 4 aromatic carbocycles. The van der Waals surface area contributed by atoms with Gasteiger partial charge in [0.15, 0.2) is 6.29 Å². The average molecular weight is 433 g/mol. The lowest BCUT2D eigenvalue weighted by molar-refractivity contribution is 0.111. The van der Waals surface area contributed by atoms with Gasteiger partial charge in [0, 0.05) is 0 Å². The smallest absolute Gasteiger partial charge is 0.153 e. The van der Waals surface area contributed by atoms with Crippen molar-refractivity contribution in [3.8, 4) is 16.9 Å². The van der Waals surface area contributed by atoms with Gasteiger partial charge in [-0.05, 0) is 71.8 Å². The molecule has 164 valence electrons. The number of hydrogen-bond acceptors (Lipinski definition) is 2. The van der Waals surface area contributed by atoms with Crippen molar-refractivity contribution < 1.29 is 9.53 Å². The first-order chi connectivity index (χ1) is 16.0. The highest BCUT2D eigenvalue weighted by Crippen LogP contribution is 2.28. The fourth-order valence-electron chi connectivity index (χ4n) is 4.03. The van der Waals surface area contributed by atoms with Crippen molar-refractivity contribution in [3.63, 3.8) is 0 Å². The largest absolute Gasteiger partial charge is 0.488 e. The van der Waals surface area contributed by atoms with Gasteiger partial charge in [0.25, 0.3) is 0 Å². The molecule has 4 rings (SSSR count). The maximum Gasteiger partial charge on any atom is 0.153 e. The van der Waals surface area contributed by atoms with Crippen LogP contribution in [0, 0.1) is 20.8 Å². The van der Waals surface area contributed by atoms with Crippen molar-refractivity contribution in [1.82, 2.24) is 0 Å². The number of ether oxygens (including phenoxy) is 1. The zero-order chi connectivity index (χ0) is 23.2. The quantitative estimate of drug-likeness (QED) is 0.220. The number of carbonyl (C=O) groups excluding carboxylic acids is 1.